The van der Waals surface area contributed by atoms with Crippen LogP contribution in [0.2, 0.25) is 5.02 Å². The largest absolute Gasteiger partial charge is 0.481 e. The highest BCUT2D eigenvalue weighted by atomic mass is 35.5. The van der Waals surface area contributed by atoms with E-state index in [2.05, 4.69) is 0 Å². The topological polar surface area (TPSA) is 112 Å². The quantitative estimate of drug-likeness (QED) is 0.0947. The number of amides is 1. The molecule has 0 unspecified atom stereocenters. The van der Waals surface area contributed by atoms with Gasteiger partial charge < -0.3 is 24.6 Å². The van der Waals surface area contributed by atoms with Gasteiger partial charge in [-0.15, -0.1) is 0 Å². The van der Waals surface area contributed by atoms with Crippen molar-refractivity contribution in [2.24, 2.45) is 0 Å². The third-order valence-corrected chi connectivity index (χ3v) is 8.62. The molecule has 1 aromatic heterocycles. The van der Waals surface area contributed by atoms with E-state index in [1.54, 1.807) is 53.4 Å². The number of hydrogen-bond acceptors (Lipinski definition) is 5. The SMILES string of the molecule is CC(C)c1c(C(=O)N(COc2ccccc2)c2ccc(Cl)cc2)c(-c2ccccc2)c(-c2ccc(F)cc2)n1CC[C@@H](O)C[C@@H](O)CC(=O)O. The van der Waals surface area contributed by atoms with E-state index in [9.17, 15) is 19.4 Å². The molecule has 4 aromatic carbocycles. The summed E-state index contributed by atoms with van der Waals surface area (Å²) in [7, 11) is 0. The Labute approximate surface area is 296 Å². The lowest BCUT2D eigenvalue weighted by molar-refractivity contribution is -0.139. The molecule has 260 valence electrons. The third-order valence-electron chi connectivity index (χ3n) is 8.37. The molecule has 5 aromatic rings. The number of carboxylic acid groups (broad SMARTS) is 1. The first-order valence-electron chi connectivity index (χ1n) is 16.4. The van der Waals surface area contributed by atoms with E-state index in [1.165, 1.54) is 12.1 Å². The van der Waals surface area contributed by atoms with Gasteiger partial charge in [-0.1, -0.05) is 74.0 Å². The summed E-state index contributed by atoms with van der Waals surface area (Å²) in [6.45, 7) is 4.06. The Hall–Kier alpha value is -4.96. The van der Waals surface area contributed by atoms with E-state index in [0.29, 0.717) is 44.5 Å². The fourth-order valence-corrected chi connectivity index (χ4v) is 6.26. The number of ether oxygens (including phenoxy) is 1. The lowest BCUT2D eigenvalue weighted by atomic mass is 9.94. The minimum absolute atomic E-state index is 0.118. The second-order valence-corrected chi connectivity index (χ2v) is 12.8. The van der Waals surface area contributed by atoms with Gasteiger partial charge in [0, 0.05) is 28.5 Å². The van der Waals surface area contributed by atoms with Crippen molar-refractivity contribution in [1.82, 2.24) is 4.57 Å². The minimum atomic E-state index is -1.22. The maximum atomic E-state index is 15.2. The fraction of sp³-hybridized carbons (Fsp3) is 0.250. The van der Waals surface area contributed by atoms with Crippen molar-refractivity contribution in [3.8, 4) is 28.1 Å². The molecule has 1 amide bonds. The number of rotatable bonds is 15. The second kappa shape index (κ2) is 16.6. The zero-order chi connectivity index (χ0) is 35.8. The highest BCUT2D eigenvalue weighted by Crippen LogP contribution is 2.43. The molecule has 0 saturated heterocycles. The second-order valence-electron chi connectivity index (χ2n) is 12.4. The minimum Gasteiger partial charge on any atom is -0.481 e. The number of aromatic nitrogens is 1. The van der Waals surface area contributed by atoms with Crippen LogP contribution in [0.3, 0.4) is 0 Å². The molecule has 50 heavy (non-hydrogen) atoms. The van der Waals surface area contributed by atoms with Crippen molar-refractivity contribution in [3.05, 3.63) is 131 Å². The molecule has 0 fully saturated rings. The number of carbonyl (C=O) groups excluding carboxylic acids is 1. The van der Waals surface area contributed by atoms with Crippen molar-refractivity contribution in [2.75, 3.05) is 11.6 Å². The van der Waals surface area contributed by atoms with Gasteiger partial charge in [0.25, 0.3) is 5.91 Å². The van der Waals surface area contributed by atoms with Gasteiger partial charge in [-0.05, 0) is 90.6 Å². The van der Waals surface area contributed by atoms with Gasteiger partial charge >= 0.3 is 5.97 Å². The van der Waals surface area contributed by atoms with Crippen LogP contribution >= 0.6 is 11.6 Å². The molecular weight excluding hydrogens is 659 g/mol. The normalized spacial score (nSPS) is 12.5. The van der Waals surface area contributed by atoms with Gasteiger partial charge in [-0.25, -0.2) is 4.39 Å². The summed E-state index contributed by atoms with van der Waals surface area (Å²) in [5.41, 5.74) is 4.36. The molecule has 0 spiro atoms. The number of aliphatic carboxylic acids is 1. The molecule has 0 aliphatic carbocycles. The summed E-state index contributed by atoms with van der Waals surface area (Å²) in [6.07, 6.45) is -2.71. The van der Waals surface area contributed by atoms with Crippen molar-refractivity contribution in [3.63, 3.8) is 0 Å². The Morgan fingerprint density at radius 3 is 2.06 bits per heavy atom. The first kappa shape index (κ1) is 36.3. The number of benzene rings is 4. The van der Waals surface area contributed by atoms with E-state index >= 15 is 4.79 Å². The summed E-state index contributed by atoms with van der Waals surface area (Å²) < 4.78 is 22.4. The molecule has 8 nitrogen and oxygen atoms in total. The number of carboxylic acids is 1. The highest BCUT2D eigenvalue weighted by Gasteiger charge is 2.34. The fourth-order valence-electron chi connectivity index (χ4n) is 6.14. The van der Waals surface area contributed by atoms with Crippen LogP contribution in [-0.2, 0) is 11.3 Å². The van der Waals surface area contributed by atoms with Gasteiger partial charge in [-0.3, -0.25) is 14.5 Å². The summed E-state index contributed by atoms with van der Waals surface area (Å²) in [6, 6.07) is 31.6. The maximum Gasteiger partial charge on any atom is 0.305 e. The molecule has 0 radical (unpaired) electrons. The molecule has 3 N–H and O–H groups in total. The van der Waals surface area contributed by atoms with Gasteiger partial charge in [0.1, 0.15) is 11.6 Å². The summed E-state index contributed by atoms with van der Waals surface area (Å²) >= 11 is 6.25. The summed E-state index contributed by atoms with van der Waals surface area (Å²) in [5.74, 6) is -1.54. The first-order valence-corrected chi connectivity index (χ1v) is 16.8. The monoisotopic (exact) mass is 698 g/mol. The predicted octanol–water partition coefficient (Wildman–Crippen LogP) is 8.40. The van der Waals surface area contributed by atoms with Gasteiger partial charge in [0.05, 0.1) is 29.9 Å². The molecule has 0 bridgehead atoms. The van der Waals surface area contributed by atoms with Crippen molar-refractivity contribution in [1.29, 1.82) is 0 Å². The standard InChI is InChI=1S/C40H40ClFN2O6/c1-26(2)38-37(40(49)44(31-19-15-29(41)16-20-31)25-50-34-11-7-4-8-12-34)36(27-9-5-3-6-10-27)39(28-13-17-30(42)18-14-28)43(38)22-21-32(45)23-33(46)24-35(47)48/h3-20,26,32-33,45-46H,21-25H2,1-2H3,(H,47,48)/t32-,33-/m1/s1. The Balaban J connectivity index is 1.71. The van der Waals surface area contributed by atoms with E-state index in [-0.39, 0.29) is 37.9 Å². The van der Waals surface area contributed by atoms with Crippen LogP contribution in [0, 0.1) is 5.82 Å². The van der Waals surface area contributed by atoms with Crippen LogP contribution in [0.5, 0.6) is 5.75 Å². The van der Waals surface area contributed by atoms with Gasteiger partial charge in [-0.2, -0.15) is 0 Å². The van der Waals surface area contributed by atoms with Crippen LogP contribution in [0.4, 0.5) is 10.1 Å². The Morgan fingerprint density at radius 1 is 0.840 bits per heavy atom. The number of halogens is 2. The molecule has 10 heteroatoms. The van der Waals surface area contributed by atoms with Crippen molar-refractivity contribution < 1.29 is 34.0 Å². The van der Waals surface area contributed by atoms with Crippen LogP contribution in [0.15, 0.2) is 109 Å². The Kier molecular flexibility index (Phi) is 12.1. The van der Waals surface area contributed by atoms with Crippen LogP contribution in [-0.4, -0.2) is 50.7 Å². The van der Waals surface area contributed by atoms with Crippen molar-refractivity contribution in [2.45, 2.75) is 57.8 Å². The lowest BCUT2D eigenvalue weighted by Crippen LogP contribution is -2.35. The van der Waals surface area contributed by atoms with Gasteiger partial charge in [0.15, 0.2) is 6.73 Å². The average molecular weight is 699 g/mol. The molecule has 1 heterocycles. The average Bonchev–Trinajstić information content (AvgIpc) is 3.44. The first-order chi connectivity index (χ1) is 24.0. The number of para-hydroxylation sites is 1. The third kappa shape index (κ3) is 8.79. The number of aliphatic hydroxyl groups is 2. The van der Waals surface area contributed by atoms with Crippen LogP contribution < -0.4 is 9.64 Å². The Bertz CT molecular complexity index is 1880. The van der Waals surface area contributed by atoms with Gasteiger partial charge in [0.2, 0.25) is 0 Å². The molecule has 2 atom stereocenters. The number of carbonyl (C=O) groups is 2. The lowest BCUT2D eigenvalue weighted by Gasteiger charge is -2.25. The summed E-state index contributed by atoms with van der Waals surface area (Å²) in [4.78, 5) is 27.9. The smallest absolute Gasteiger partial charge is 0.305 e. The molecule has 0 saturated carbocycles. The van der Waals surface area contributed by atoms with E-state index < -0.39 is 30.4 Å². The summed E-state index contributed by atoms with van der Waals surface area (Å²) in [5, 5.41) is 30.8. The van der Waals surface area contributed by atoms with Crippen LogP contribution in [0.25, 0.3) is 22.4 Å². The van der Waals surface area contributed by atoms with Crippen LogP contribution in [0.1, 0.15) is 55.1 Å². The number of nitrogens with zero attached hydrogens (tertiary/aromatic N) is 2. The van der Waals surface area contributed by atoms with E-state index in [0.717, 1.165) is 5.56 Å². The maximum absolute atomic E-state index is 15.2. The van der Waals surface area contributed by atoms with E-state index in [4.69, 9.17) is 21.4 Å². The van der Waals surface area contributed by atoms with E-state index in [1.807, 2.05) is 66.9 Å². The predicted molar refractivity (Wildman–Crippen MR) is 193 cm³/mol. The molecule has 5 rings (SSSR count). The molecular formula is C40H40ClFN2O6. The zero-order valence-electron chi connectivity index (χ0n) is 27.9. The highest BCUT2D eigenvalue weighted by molar-refractivity contribution is 6.30. The Morgan fingerprint density at radius 2 is 1.46 bits per heavy atom. The van der Waals surface area contributed by atoms with Crippen molar-refractivity contribution >= 4 is 29.2 Å². The zero-order valence-corrected chi connectivity index (χ0v) is 28.6. The number of hydrogen-bond donors (Lipinski definition) is 3. The number of aliphatic hydroxyl groups excluding tert-OH is 2. The molecule has 0 aliphatic rings. The molecule has 0 aliphatic heterocycles. The number of anilines is 1.